The summed E-state index contributed by atoms with van der Waals surface area (Å²) in [5.74, 6) is 0. The molecule has 0 fully saturated rings. The van der Waals surface area contributed by atoms with Crippen LogP contribution < -0.4 is 5.32 Å². The molecule has 1 aliphatic rings. The number of halogens is 1. The Morgan fingerprint density at radius 3 is 3.00 bits per heavy atom. The van der Waals surface area contributed by atoms with Crippen LogP contribution in [0.15, 0.2) is 24.3 Å². The molecular weight excluding hydrogens is 250 g/mol. The van der Waals surface area contributed by atoms with Gasteiger partial charge < -0.3 is 5.32 Å². The SMILES string of the molecule is Cc1ccc(Cl)cc1-c1cc2c(s1)CCNC2. The Morgan fingerprint density at radius 1 is 1.29 bits per heavy atom. The van der Waals surface area contributed by atoms with Crippen LogP contribution in [0.2, 0.25) is 5.02 Å². The van der Waals surface area contributed by atoms with Crippen molar-refractivity contribution in [2.24, 2.45) is 0 Å². The highest BCUT2D eigenvalue weighted by Gasteiger charge is 2.14. The fourth-order valence-corrected chi connectivity index (χ4v) is 3.68. The van der Waals surface area contributed by atoms with Crippen LogP contribution in [-0.4, -0.2) is 6.54 Å². The molecule has 3 heteroatoms. The summed E-state index contributed by atoms with van der Waals surface area (Å²) in [4.78, 5) is 2.87. The maximum atomic E-state index is 6.09. The van der Waals surface area contributed by atoms with Crippen LogP contribution in [0.25, 0.3) is 10.4 Å². The van der Waals surface area contributed by atoms with Gasteiger partial charge in [-0.15, -0.1) is 11.3 Å². The van der Waals surface area contributed by atoms with Gasteiger partial charge in [-0.3, -0.25) is 0 Å². The summed E-state index contributed by atoms with van der Waals surface area (Å²) in [7, 11) is 0. The van der Waals surface area contributed by atoms with E-state index >= 15 is 0 Å². The van der Waals surface area contributed by atoms with Gasteiger partial charge in [-0.2, -0.15) is 0 Å². The predicted molar refractivity (Wildman–Crippen MR) is 74.9 cm³/mol. The summed E-state index contributed by atoms with van der Waals surface area (Å²) in [5.41, 5.74) is 4.02. The minimum absolute atomic E-state index is 0.815. The molecule has 0 spiro atoms. The highest BCUT2D eigenvalue weighted by atomic mass is 35.5. The van der Waals surface area contributed by atoms with Crippen molar-refractivity contribution in [1.29, 1.82) is 0 Å². The first kappa shape index (κ1) is 11.3. The Balaban J connectivity index is 2.08. The van der Waals surface area contributed by atoms with Crippen LogP contribution >= 0.6 is 22.9 Å². The van der Waals surface area contributed by atoms with Crippen molar-refractivity contribution in [3.8, 4) is 10.4 Å². The molecule has 0 unspecified atom stereocenters. The van der Waals surface area contributed by atoms with E-state index in [4.69, 9.17) is 11.6 Å². The van der Waals surface area contributed by atoms with E-state index in [2.05, 4.69) is 30.4 Å². The van der Waals surface area contributed by atoms with Gasteiger partial charge in [-0.1, -0.05) is 17.7 Å². The molecule has 1 aromatic carbocycles. The number of thiophene rings is 1. The standard InChI is InChI=1S/C14H14ClNS/c1-9-2-3-11(15)7-12(9)14-6-10-8-16-5-4-13(10)17-14/h2-3,6-7,16H,4-5,8H2,1H3. The monoisotopic (exact) mass is 263 g/mol. The second-order valence-electron chi connectivity index (χ2n) is 4.45. The molecule has 88 valence electrons. The van der Waals surface area contributed by atoms with E-state index in [1.165, 1.54) is 26.4 Å². The summed E-state index contributed by atoms with van der Waals surface area (Å²) < 4.78 is 0. The normalized spacial score (nSPS) is 14.7. The summed E-state index contributed by atoms with van der Waals surface area (Å²) in [6, 6.07) is 8.43. The molecule has 0 saturated heterocycles. The average molecular weight is 264 g/mol. The highest BCUT2D eigenvalue weighted by Crippen LogP contribution is 2.35. The molecule has 17 heavy (non-hydrogen) atoms. The molecule has 3 rings (SSSR count). The smallest absolute Gasteiger partial charge is 0.0412 e. The molecule has 1 N–H and O–H groups in total. The van der Waals surface area contributed by atoms with Gasteiger partial charge in [-0.25, -0.2) is 0 Å². The van der Waals surface area contributed by atoms with Crippen molar-refractivity contribution in [2.75, 3.05) is 6.54 Å². The van der Waals surface area contributed by atoms with Gasteiger partial charge in [0, 0.05) is 27.9 Å². The minimum atomic E-state index is 0.815. The van der Waals surface area contributed by atoms with Crippen LogP contribution in [0, 0.1) is 6.92 Å². The van der Waals surface area contributed by atoms with Gasteiger partial charge in [0.1, 0.15) is 0 Å². The predicted octanol–water partition coefficient (Wildman–Crippen LogP) is 4.02. The van der Waals surface area contributed by atoms with Crippen molar-refractivity contribution in [3.63, 3.8) is 0 Å². The fourth-order valence-electron chi connectivity index (χ4n) is 2.25. The molecule has 0 aliphatic carbocycles. The lowest BCUT2D eigenvalue weighted by Crippen LogP contribution is -2.21. The quantitative estimate of drug-likeness (QED) is 0.819. The highest BCUT2D eigenvalue weighted by molar-refractivity contribution is 7.15. The van der Waals surface area contributed by atoms with Crippen molar-refractivity contribution >= 4 is 22.9 Å². The van der Waals surface area contributed by atoms with Crippen molar-refractivity contribution < 1.29 is 0 Å². The van der Waals surface area contributed by atoms with Gasteiger partial charge >= 0.3 is 0 Å². The van der Waals surface area contributed by atoms with E-state index in [0.29, 0.717) is 0 Å². The van der Waals surface area contributed by atoms with Crippen LogP contribution in [0.1, 0.15) is 16.0 Å². The third-order valence-electron chi connectivity index (χ3n) is 3.21. The van der Waals surface area contributed by atoms with Crippen LogP contribution in [-0.2, 0) is 13.0 Å². The molecule has 0 amide bonds. The molecule has 0 bridgehead atoms. The lowest BCUT2D eigenvalue weighted by molar-refractivity contribution is 0.653. The van der Waals surface area contributed by atoms with Crippen molar-refractivity contribution in [2.45, 2.75) is 19.9 Å². The Bertz CT molecular complexity index is 536. The van der Waals surface area contributed by atoms with Crippen LogP contribution in [0.4, 0.5) is 0 Å². The van der Waals surface area contributed by atoms with Gasteiger partial charge in [0.2, 0.25) is 0 Å². The lowest BCUT2D eigenvalue weighted by atomic mass is 10.1. The number of nitrogens with one attached hydrogen (secondary N) is 1. The molecular formula is C14H14ClNS. The lowest BCUT2D eigenvalue weighted by Gasteiger charge is -2.10. The van der Waals surface area contributed by atoms with E-state index in [0.717, 1.165) is 24.5 Å². The minimum Gasteiger partial charge on any atom is -0.312 e. The summed E-state index contributed by atoms with van der Waals surface area (Å²) in [6.45, 7) is 4.25. The Hall–Kier alpha value is -0.830. The zero-order valence-corrected chi connectivity index (χ0v) is 11.3. The first-order valence-electron chi connectivity index (χ1n) is 5.83. The third-order valence-corrected chi connectivity index (χ3v) is 4.71. The number of fused-ring (bicyclic) bond motifs is 1. The number of hydrogen-bond donors (Lipinski definition) is 1. The van der Waals surface area contributed by atoms with Crippen molar-refractivity contribution in [1.82, 2.24) is 5.32 Å². The number of benzene rings is 1. The topological polar surface area (TPSA) is 12.0 Å². The molecule has 1 nitrogen and oxygen atoms in total. The largest absolute Gasteiger partial charge is 0.312 e. The van der Waals surface area contributed by atoms with Gasteiger partial charge in [0.25, 0.3) is 0 Å². The molecule has 0 atom stereocenters. The number of hydrogen-bond acceptors (Lipinski definition) is 2. The Morgan fingerprint density at radius 2 is 2.18 bits per heavy atom. The summed E-state index contributed by atoms with van der Waals surface area (Å²) in [5, 5.41) is 4.23. The molecule has 2 aromatic rings. The van der Waals surface area contributed by atoms with Crippen LogP contribution in [0.5, 0.6) is 0 Å². The fraction of sp³-hybridized carbons (Fsp3) is 0.286. The zero-order chi connectivity index (χ0) is 11.8. The molecule has 0 saturated carbocycles. The Labute approximate surface area is 110 Å². The van der Waals surface area contributed by atoms with Crippen LogP contribution in [0.3, 0.4) is 0 Å². The molecule has 2 heterocycles. The molecule has 1 aliphatic heterocycles. The maximum absolute atomic E-state index is 6.09. The maximum Gasteiger partial charge on any atom is 0.0412 e. The van der Waals surface area contributed by atoms with E-state index in [-0.39, 0.29) is 0 Å². The first-order valence-corrected chi connectivity index (χ1v) is 7.02. The van der Waals surface area contributed by atoms with Gasteiger partial charge in [-0.05, 0) is 48.2 Å². The number of rotatable bonds is 1. The molecule has 1 aromatic heterocycles. The summed E-state index contributed by atoms with van der Waals surface area (Å²) in [6.07, 6.45) is 1.15. The van der Waals surface area contributed by atoms with Crippen molar-refractivity contribution in [3.05, 3.63) is 45.3 Å². The van der Waals surface area contributed by atoms with E-state index in [1.807, 2.05) is 17.4 Å². The summed E-state index contributed by atoms with van der Waals surface area (Å²) >= 11 is 8.00. The van der Waals surface area contributed by atoms with Gasteiger partial charge in [0.05, 0.1) is 0 Å². The third kappa shape index (κ3) is 2.13. The average Bonchev–Trinajstić information content (AvgIpc) is 2.75. The van der Waals surface area contributed by atoms with Gasteiger partial charge in [0.15, 0.2) is 0 Å². The zero-order valence-electron chi connectivity index (χ0n) is 9.72. The molecule has 0 radical (unpaired) electrons. The second-order valence-corrected chi connectivity index (χ2v) is 6.02. The Kier molecular flexibility index (Phi) is 2.95. The van der Waals surface area contributed by atoms with E-state index in [9.17, 15) is 0 Å². The second kappa shape index (κ2) is 4.45. The van der Waals surface area contributed by atoms with E-state index in [1.54, 1.807) is 0 Å². The number of aryl methyl sites for hydroxylation is 1. The van der Waals surface area contributed by atoms with E-state index < -0.39 is 0 Å². The first-order chi connectivity index (χ1) is 8.24.